The van der Waals surface area contributed by atoms with Crippen molar-refractivity contribution in [3.63, 3.8) is 0 Å². The van der Waals surface area contributed by atoms with E-state index in [9.17, 15) is 9.59 Å². The predicted octanol–water partition coefficient (Wildman–Crippen LogP) is 1.43. The van der Waals surface area contributed by atoms with Crippen LogP contribution in [0.2, 0.25) is 0 Å². The van der Waals surface area contributed by atoms with Crippen LogP contribution in [0.25, 0.3) is 0 Å². The predicted molar refractivity (Wildman–Crippen MR) is 62.9 cm³/mol. The van der Waals surface area contributed by atoms with Crippen molar-refractivity contribution in [2.45, 2.75) is 45.1 Å². The monoisotopic (exact) mass is 243 g/mol. The van der Waals surface area contributed by atoms with E-state index in [0.717, 1.165) is 32.1 Å². The minimum atomic E-state index is -0.955. The summed E-state index contributed by atoms with van der Waals surface area (Å²) in [6.07, 6.45) is 5.08. The fraction of sp³-hybridized carbons (Fsp3) is 0.833. The molecular formula is C12H21NO4. The molecule has 17 heavy (non-hydrogen) atoms. The number of rotatable bonds is 5. The average Bonchev–Trinajstić information content (AvgIpc) is 2.40. The van der Waals surface area contributed by atoms with Gasteiger partial charge in [-0.05, 0) is 25.2 Å². The second kappa shape index (κ2) is 6.59. The van der Waals surface area contributed by atoms with E-state index in [1.165, 1.54) is 0 Å². The molecule has 1 aliphatic rings. The first-order valence-corrected chi connectivity index (χ1v) is 6.16. The maximum Gasteiger partial charge on any atom is 0.317 e. The van der Waals surface area contributed by atoms with Crippen LogP contribution in [0.1, 0.15) is 39.0 Å². The standard InChI is InChI=1S/C12H21NO4/c1-9-3-2-4-10(6-5-9)13(7-11(14)15)8-12(16)17/h9-10H,2-8H2,1H3,(H,14,15)(H,16,17). The SMILES string of the molecule is CC1CCCC(N(CC(=O)O)CC(=O)O)CC1. The summed E-state index contributed by atoms with van der Waals surface area (Å²) in [5.74, 6) is -1.25. The van der Waals surface area contributed by atoms with E-state index >= 15 is 0 Å². The van der Waals surface area contributed by atoms with Gasteiger partial charge < -0.3 is 10.2 Å². The molecule has 2 atom stereocenters. The quantitative estimate of drug-likeness (QED) is 0.714. The Morgan fingerprint density at radius 2 is 1.65 bits per heavy atom. The molecule has 0 amide bonds. The van der Waals surface area contributed by atoms with E-state index in [2.05, 4.69) is 6.92 Å². The number of hydrogen-bond donors (Lipinski definition) is 2. The van der Waals surface area contributed by atoms with Crippen molar-refractivity contribution in [2.24, 2.45) is 5.92 Å². The summed E-state index contributed by atoms with van der Waals surface area (Å²) in [6, 6.07) is 0.104. The van der Waals surface area contributed by atoms with Crippen LogP contribution in [-0.4, -0.2) is 46.2 Å². The molecule has 5 nitrogen and oxygen atoms in total. The highest BCUT2D eigenvalue weighted by molar-refractivity contribution is 5.72. The smallest absolute Gasteiger partial charge is 0.317 e. The zero-order valence-corrected chi connectivity index (χ0v) is 10.3. The second-order valence-corrected chi connectivity index (χ2v) is 4.96. The molecule has 0 aliphatic heterocycles. The number of carboxylic acids is 2. The van der Waals surface area contributed by atoms with Gasteiger partial charge in [0.1, 0.15) is 0 Å². The van der Waals surface area contributed by atoms with Crippen LogP contribution in [0.5, 0.6) is 0 Å². The summed E-state index contributed by atoms with van der Waals surface area (Å²) in [5.41, 5.74) is 0. The van der Waals surface area contributed by atoms with Gasteiger partial charge in [-0.3, -0.25) is 14.5 Å². The fourth-order valence-corrected chi connectivity index (χ4v) is 2.49. The van der Waals surface area contributed by atoms with Crippen molar-refractivity contribution in [1.29, 1.82) is 0 Å². The molecule has 1 rings (SSSR count). The van der Waals surface area contributed by atoms with Gasteiger partial charge in [0.05, 0.1) is 13.1 Å². The molecule has 1 aliphatic carbocycles. The minimum Gasteiger partial charge on any atom is -0.480 e. The summed E-state index contributed by atoms with van der Waals surface area (Å²) in [4.78, 5) is 23.1. The maximum atomic E-state index is 10.7. The largest absolute Gasteiger partial charge is 0.480 e. The number of hydrogen-bond acceptors (Lipinski definition) is 3. The normalized spacial score (nSPS) is 25.5. The third-order valence-corrected chi connectivity index (χ3v) is 3.42. The van der Waals surface area contributed by atoms with Gasteiger partial charge in [0.25, 0.3) is 0 Å². The highest BCUT2D eigenvalue weighted by Crippen LogP contribution is 2.25. The zero-order chi connectivity index (χ0) is 12.8. The molecule has 0 aromatic rings. The molecule has 0 saturated heterocycles. The lowest BCUT2D eigenvalue weighted by atomic mass is 10.0. The summed E-state index contributed by atoms with van der Waals surface area (Å²) in [6.45, 7) is 1.85. The van der Waals surface area contributed by atoms with Gasteiger partial charge in [0.15, 0.2) is 0 Å². The lowest BCUT2D eigenvalue weighted by molar-refractivity contribution is -0.143. The highest BCUT2D eigenvalue weighted by Gasteiger charge is 2.25. The van der Waals surface area contributed by atoms with Crippen LogP contribution >= 0.6 is 0 Å². The number of carboxylic acid groups (broad SMARTS) is 2. The van der Waals surface area contributed by atoms with E-state index in [0.29, 0.717) is 5.92 Å². The summed E-state index contributed by atoms with van der Waals surface area (Å²) in [5, 5.41) is 17.6. The fourth-order valence-electron chi connectivity index (χ4n) is 2.49. The van der Waals surface area contributed by atoms with Crippen molar-refractivity contribution in [3.8, 4) is 0 Å². The molecular weight excluding hydrogens is 222 g/mol. The molecule has 1 fully saturated rings. The first-order chi connectivity index (χ1) is 7.99. The molecule has 2 N–H and O–H groups in total. The van der Waals surface area contributed by atoms with Gasteiger partial charge in [-0.15, -0.1) is 0 Å². The Hall–Kier alpha value is -1.10. The van der Waals surface area contributed by atoms with Gasteiger partial charge in [-0.25, -0.2) is 0 Å². The molecule has 0 bridgehead atoms. The maximum absolute atomic E-state index is 10.7. The van der Waals surface area contributed by atoms with E-state index in [1.54, 1.807) is 4.90 Å². The summed E-state index contributed by atoms with van der Waals surface area (Å²) < 4.78 is 0. The third-order valence-electron chi connectivity index (χ3n) is 3.42. The minimum absolute atomic E-state index is 0.104. The number of aliphatic carboxylic acids is 2. The van der Waals surface area contributed by atoms with E-state index in [1.807, 2.05) is 0 Å². The molecule has 98 valence electrons. The van der Waals surface area contributed by atoms with Crippen molar-refractivity contribution in [3.05, 3.63) is 0 Å². The first-order valence-electron chi connectivity index (χ1n) is 6.16. The average molecular weight is 243 g/mol. The Morgan fingerprint density at radius 3 is 2.18 bits per heavy atom. The van der Waals surface area contributed by atoms with Gasteiger partial charge in [0, 0.05) is 6.04 Å². The molecule has 0 radical (unpaired) electrons. The topological polar surface area (TPSA) is 77.8 Å². The first kappa shape index (κ1) is 14.0. The Kier molecular flexibility index (Phi) is 5.41. The van der Waals surface area contributed by atoms with Crippen molar-refractivity contribution < 1.29 is 19.8 Å². The number of carbonyl (C=O) groups is 2. The van der Waals surface area contributed by atoms with Gasteiger partial charge in [0.2, 0.25) is 0 Å². The number of nitrogens with zero attached hydrogens (tertiary/aromatic N) is 1. The molecule has 0 aromatic carbocycles. The van der Waals surface area contributed by atoms with Crippen molar-refractivity contribution in [1.82, 2.24) is 4.90 Å². The summed E-state index contributed by atoms with van der Waals surface area (Å²) >= 11 is 0. The second-order valence-electron chi connectivity index (χ2n) is 4.96. The van der Waals surface area contributed by atoms with Gasteiger partial charge >= 0.3 is 11.9 Å². The van der Waals surface area contributed by atoms with Crippen LogP contribution in [0.3, 0.4) is 0 Å². The Morgan fingerprint density at radius 1 is 1.06 bits per heavy atom. The third kappa shape index (κ3) is 5.17. The molecule has 5 heteroatoms. The Labute approximate surface area is 101 Å². The Bertz CT molecular complexity index is 264. The summed E-state index contributed by atoms with van der Waals surface area (Å²) in [7, 11) is 0. The molecule has 0 aromatic heterocycles. The van der Waals surface area contributed by atoms with E-state index < -0.39 is 11.9 Å². The van der Waals surface area contributed by atoms with Crippen LogP contribution in [0, 0.1) is 5.92 Å². The zero-order valence-electron chi connectivity index (χ0n) is 10.3. The Balaban J connectivity index is 2.60. The molecule has 0 spiro atoms. The molecule has 0 heterocycles. The molecule has 2 unspecified atom stereocenters. The van der Waals surface area contributed by atoms with Crippen molar-refractivity contribution in [2.75, 3.05) is 13.1 Å². The highest BCUT2D eigenvalue weighted by atomic mass is 16.4. The van der Waals surface area contributed by atoms with Crippen LogP contribution in [0.4, 0.5) is 0 Å². The van der Waals surface area contributed by atoms with Crippen LogP contribution in [0.15, 0.2) is 0 Å². The lowest BCUT2D eigenvalue weighted by Crippen LogP contribution is -2.42. The lowest BCUT2D eigenvalue weighted by Gasteiger charge is -2.28. The van der Waals surface area contributed by atoms with Gasteiger partial charge in [-0.1, -0.05) is 19.8 Å². The van der Waals surface area contributed by atoms with Gasteiger partial charge in [-0.2, -0.15) is 0 Å². The van der Waals surface area contributed by atoms with Crippen molar-refractivity contribution >= 4 is 11.9 Å². The van der Waals surface area contributed by atoms with Crippen LogP contribution < -0.4 is 0 Å². The van der Waals surface area contributed by atoms with E-state index in [4.69, 9.17) is 10.2 Å². The van der Waals surface area contributed by atoms with E-state index in [-0.39, 0.29) is 19.1 Å². The van der Waals surface area contributed by atoms with Crippen LogP contribution in [-0.2, 0) is 9.59 Å². The molecule has 1 saturated carbocycles.